The summed E-state index contributed by atoms with van der Waals surface area (Å²) in [6.45, 7) is 2.26. The van der Waals surface area contributed by atoms with E-state index in [4.69, 9.17) is 8.83 Å². The summed E-state index contributed by atoms with van der Waals surface area (Å²) in [6, 6.07) is 9.46. The zero-order valence-electron chi connectivity index (χ0n) is 13.7. The van der Waals surface area contributed by atoms with Gasteiger partial charge in [-0.05, 0) is 43.3 Å². The summed E-state index contributed by atoms with van der Waals surface area (Å²) < 4.78 is 23.9. The molecule has 0 bridgehead atoms. The van der Waals surface area contributed by atoms with E-state index in [1.165, 1.54) is 12.1 Å². The molecule has 0 aliphatic heterocycles. The van der Waals surface area contributed by atoms with E-state index >= 15 is 0 Å². The van der Waals surface area contributed by atoms with Crippen molar-refractivity contribution < 1.29 is 18.0 Å². The Hall–Kier alpha value is -2.61. The van der Waals surface area contributed by atoms with Crippen LogP contribution in [0.5, 0.6) is 0 Å². The fraction of sp³-hybridized carbons (Fsp3) is 0.235. The lowest BCUT2D eigenvalue weighted by Crippen LogP contribution is -2.27. The zero-order chi connectivity index (χ0) is 17.8. The van der Waals surface area contributed by atoms with Crippen molar-refractivity contribution >= 4 is 17.7 Å². The lowest BCUT2D eigenvalue weighted by molar-refractivity contribution is -0.127. The van der Waals surface area contributed by atoms with Gasteiger partial charge < -0.3 is 13.7 Å². The highest BCUT2D eigenvalue weighted by atomic mass is 32.2. The number of halogens is 1. The maximum absolute atomic E-state index is 12.9. The summed E-state index contributed by atoms with van der Waals surface area (Å²) in [7, 11) is 1.71. The van der Waals surface area contributed by atoms with Crippen molar-refractivity contribution in [2.75, 3.05) is 12.8 Å². The van der Waals surface area contributed by atoms with Crippen molar-refractivity contribution in [2.24, 2.45) is 0 Å². The molecule has 1 amide bonds. The van der Waals surface area contributed by atoms with Crippen LogP contribution in [0.25, 0.3) is 11.5 Å². The zero-order valence-corrected chi connectivity index (χ0v) is 14.5. The number of benzene rings is 1. The number of amides is 1. The first kappa shape index (κ1) is 17.2. The van der Waals surface area contributed by atoms with E-state index in [2.05, 4.69) is 10.2 Å². The van der Waals surface area contributed by atoms with Crippen molar-refractivity contribution in [3.63, 3.8) is 0 Å². The molecule has 0 spiro atoms. The van der Waals surface area contributed by atoms with E-state index in [0.29, 0.717) is 12.1 Å². The molecule has 3 rings (SSSR count). The lowest BCUT2D eigenvalue weighted by Gasteiger charge is -2.14. The largest absolute Gasteiger partial charge is 0.464 e. The minimum Gasteiger partial charge on any atom is -0.464 e. The van der Waals surface area contributed by atoms with Crippen LogP contribution in [-0.2, 0) is 11.3 Å². The molecular formula is C17H16FN3O3S. The minimum absolute atomic E-state index is 0.0828. The molecule has 2 heterocycles. The van der Waals surface area contributed by atoms with Crippen molar-refractivity contribution in [2.45, 2.75) is 18.7 Å². The third kappa shape index (κ3) is 4.48. The number of carbonyl (C=O) groups is 1. The van der Waals surface area contributed by atoms with Gasteiger partial charge in [0.25, 0.3) is 5.22 Å². The first-order valence-corrected chi connectivity index (χ1v) is 8.51. The van der Waals surface area contributed by atoms with Crippen molar-refractivity contribution in [1.29, 1.82) is 0 Å². The van der Waals surface area contributed by atoms with Gasteiger partial charge in [-0.1, -0.05) is 11.8 Å². The number of hydrogen-bond acceptors (Lipinski definition) is 6. The maximum atomic E-state index is 12.9. The molecule has 0 N–H and O–H groups in total. The molecule has 0 unspecified atom stereocenters. The van der Waals surface area contributed by atoms with Gasteiger partial charge >= 0.3 is 0 Å². The van der Waals surface area contributed by atoms with Gasteiger partial charge in [0.2, 0.25) is 11.8 Å². The number of hydrogen-bond donors (Lipinski definition) is 0. The Labute approximate surface area is 148 Å². The summed E-state index contributed by atoms with van der Waals surface area (Å²) in [6.07, 6.45) is 0. The van der Waals surface area contributed by atoms with Gasteiger partial charge in [-0.25, -0.2) is 4.39 Å². The molecule has 2 aromatic heterocycles. The smallest absolute Gasteiger partial charge is 0.277 e. The summed E-state index contributed by atoms with van der Waals surface area (Å²) in [5.41, 5.74) is 0.623. The Morgan fingerprint density at radius 1 is 1.16 bits per heavy atom. The molecule has 6 nitrogen and oxygen atoms in total. The van der Waals surface area contributed by atoms with E-state index < -0.39 is 0 Å². The van der Waals surface area contributed by atoms with Crippen LogP contribution in [0.4, 0.5) is 4.39 Å². The van der Waals surface area contributed by atoms with Crippen LogP contribution in [0.15, 0.2) is 50.5 Å². The Morgan fingerprint density at radius 3 is 2.60 bits per heavy atom. The minimum atomic E-state index is -0.335. The standard InChI is InChI=1S/C17H16FN3O3S/c1-11-3-8-14(23-11)9-21(2)15(22)10-25-17-20-19-16(24-17)12-4-6-13(18)7-5-12/h3-8H,9-10H2,1-2H3. The molecule has 0 saturated heterocycles. The Bertz CT molecular complexity index is 860. The van der Waals surface area contributed by atoms with Gasteiger partial charge in [-0.2, -0.15) is 0 Å². The quantitative estimate of drug-likeness (QED) is 0.626. The predicted octanol–water partition coefficient (Wildman–Crippen LogP) is 3.53. The molecule has 130 valence electrons. The summed E-state index contributed by atoms with van der Waals surface area (Å²) in [5.74, 6) is 1.58. The number of nitrogens with zero attached hydrogens (tertiary/aromatic N) is 3. The molecule has 0 atom stereocenters. The van der Waals surface area contributed by atoms with Gasteiger partial charge in [0.05, 0.1) is 12.3 Å². The number of aromatic nitrogens is 2. The van der Waals surface area contributed by atoms with E-state index in [1.807, 2.05) is 19.1 Å². The summed E-state index contributed by atoms with van der Waals surface area (Å²) >= 11 is 1.16. The number of rotatable bonds is 6. The molecule has 0 fully saturated rings. The molecule has 0 radical (unpaired) electrons. The third-order valence-electron chi connectivity index (χ3n) is 3.43. The Kier molecular flexibility index (Phi) is 5.18. The lowest BCUT2D eigenvalue weighted by atomic mass is 10.2. The van der Waals surface area contributed by atoms with Crippen LogP contribution in [0.3, 0.4) is 0 Å². The normalized spacial score (nSPS) is 10.8. The summed E-state index contributed by atoms with van der Waals surface area (Å²) in [5, 5.41) is 8.09. The highest BCUT2D eigenvalue weighted by molar-refractivity contribution is 7.99. The highest BCUT2D eigenvalue weighted by Crippen LogP contribution is 2.23. The van der Waals surface area contributed by atoms with Crippen LogP contribution < -0.4 is 0 Å². The van der Waals surface area contributed by atoms with Gasteiger partial charge in [-0.3, -0.25) is 4.79 Å². The van der Waals surface area contributed by atoms with Crippen molar-refractivity contribution in [1.82, 2.24) is 15.1 Å². The van der Waals surface area contributed by atoms with Gasteiger partial charge in [0.15, 0.2) is 0 Å². The third-order valence-corrected chi connectivity index (χ3v) is 4.23. The van der Waals surface area contributed by atoms with Gasteiger partial charge in [0.1, 0.15) is 17.3 Å². The topological polar surface area (TPSA) is 72.4 Å². The number of aryl methyl sites for hydroxylation is 1. The fourth-order valence-electron chi connectivity index (χ4n) is 2.10. The average molecular weight is 361 g/mol. The average Bonchev–Trinajstić information content (AvgIpc) is 3.22. The monoisotopic (exact) mass is 361 g/mol. The van der Waals surface area contributed by atoms with Crippen LogP contribution >= 0.6 is 11.8 Å². The molecule has 0 aliphatic carbocycles. The first-order chi connectivity index (χ1) is 12.0. The SMILES string of the molecule is Cc1ccc(CN(C)C(=O)CSc2nnc(-c3ccc(F)cc3)o2)o1. The predicted molar refractivity (Wildman–Crippen MR) is 90.3 cm³/mol. The number of carbonyl (C=O) groups excluding carboxylic acids is 1. The van der Waals surface area contributed by atoms with Crippen molar-refractivity contribution in [3.05, 3.63) is 53.7 Å². The number of thioether (sulfide) groups is 1. The number of furan rings is 1. The van der Waals surface area contributed by atoms with E-state index in [9.17, 15) is 9.18 Å². The molecule has 0 aliphatic rings. The van der Waals surface area contributed by atoms with Gasteiger partial charge in [0, 0.05) is 12.6 Å². The van der Waals surface area contributed by atoms with Crippen molar-refractivity contribution in [3.8, 4) is 11.5 Å². The molecule has 3 aromatic rings. The van der Waals surface area contributed by atoms with Crippen LogP contribution in [0.1, 0.15) is 11.5 Å². The molecule has 8 heteroatoms. The van der Waals surface area contributed by atoms with Crippen LogP contribution in [-0.4, -0.2) is 33.8 Å². The molecule has 25 heavy (non-hydrogen) atoms. The van der Waals surface area contributed by atoms with E-state index in [1.54, 1.807) is 24.1 Å². The highest BCUT2D eigenvalue weighted by Gasteiger charge is 2.15. The molecule has 0 saturated carbocycles. The molecule has 1 aromatic carbocycles. The van der Waals surface area contributed by atoms with Crippen LogP contribution in [0.2, 0.25) is 0 Å². The first-order valence-electron chi connectivity index (χ1n) is 7.53. The second-order valence-corrected chi connectivity index (χ2v) is 6.36. The second kappa shape index (κ2) is 7.52. The summed E-state index contributed by atoms with van der Waals surface area (Å²) in [4.78, 5) is 13.7. The molecular weight excluding hydrogens is 345 g/mol. The van der Waals surface area contributed by atoms with Gasteiger partial charge in [-0.15, -0.1) is 10.2 Å². The maximum Gasteiger partial charge on any atom is 0.277 e. The van der Waals surface area contributed by atoms with E-state index in [-0.39, 0.29) is 28.6 Å². The van der Waals surface area contributed by atoms with Crippen LogP contribution in [0, 0.1) is 12.7 Å². The second-order valence-electron chi connectivity index (χ2n) is 5.43. The Balaban J connectivity index is 1.54. The van der Waals surface area contributed by atoms with E-state index in [0.717, 1.165) is 23.3 Å². The Morgan fingerprint density at radius 2 is 1.92 bits per heavy atom. The fourth-order valence-corrected chi connectivity index (χ4v) is 2.81.